The second kappa shape index (κ2) is 10.1. The summed E-state index contributed by atoms with van der Waals surface area (Å²) in [5, 5.41) is 12.8. The number of nitrogens with zero attached hydrogens (tertiary/aromatic N) is 2. The van der Waals surface area contributed by atoms with Crippen LogP contribution < -0.4 is 10.1 Å². The van der Waals surface area contributed by atoms with Crippen molar-refractivity contribution in [3.8, 4) is 11.8 Å². The van der Waals surface area contributed by atoms with E-state index >= 15 is 0 Å². The van der Waals surface area contributed by atoms with Gasteiger partial charge in [0.15, 0.2) is 0 Å². The number of fused-ring (bicyclic) bond motifs is 1. The molecule has 2 aliphatic rings. The zero-order chi connectivity index (χ0) is 21.5. The van der Waals surface area contributed by atoms with Crippen molar-refractivity contribution in [2.45, 2.75) is 37.6 Å². The van der Waals surface area contributed by atoms with Gasteiger partial charge in [-0.2, -0.15) is 5.26 Å². The number of likely N-dealkylation sites (tertiary alicyclic amines) is 1. The molecule has 31 heavy (non-hydrogen) atoms. The molecule has 2 aliphatic heterocycles. The van der Waals surface area contributed by atoms with Gasteiger partial charge < -0.3 is 15.0 Å². The first kappa shape index (κ1) is 21.6. The number of nitrogens with one attached hydrogen (secondary N) is 1. The monoisotopic (exact) mass is 415 g/mol. The molecule has 1 fully saturated rings. The first-order chi connectivity index (χ1) is 15.2. The molecular weight excluding hydrogens is 382 g/mol. The van der Waals surface area contributed by atoms with Gasteiger partial charge in [0.1, 0.15) is 5.75 Å². The topological polar surface area (TPSA) is 48.3 Å². The van der Waals surface area contributed by atoms with E-state index in [1.165, 1.54) is 24.0 Å². The second-order valence-corrected chi connectivity index (χ2v) is 8.75. The number of hydrogen-bond donors (Lipinski definition) is 1. The molecule has 0 amide bonds. The Morgan fingerprint density at radius 3 is 2.68 bits per heavy atom. The Morgan fingerprint density at radius 1 is 1.16 bits per heavy atom. The molecule has 0 bridgehead atoms. The third-order valence-corrected chi connectivity index (χ3v) is 6.95. The number of rotatable bonds is 8. The average molecular weight is 416 g/mol. The van der Waals surface area contributed by atoms with E-state index in [1.807, 2.05) is 12.1 Å². The summed E-state index contributed by atoms with van der Waals surface area (Å²) in [6, 6.07) is 18.5. The molecule has 0 spiro atoms. The van der Waals surface area contributed by atoms with Crippen molar-refractivity contribution < 1.29 is 4.74 Å². The van der Waals surface area contributed by atoms with Crippen LogP contribution in [0.3, 0.4) is 0 Å². The van der Waals surface area contributed by atoms with Gasteiger partial charge in [-0.15, -0.1) is 6.58 Å². The third-order valence-electron chi connectivity index (χ3n) is 6.95. The summed E-state index contributed by atoms with van der Waals surface area (Å²) >= 11 is 0. The van der Waals surface area contributed by atoms with Crippen LogP contribution in [-0.4, -0.2) is 37.7 Å². The average Bonchev–Trinajstić information content (AvgIpc) is 2.83. The first-order valence-corrected chi connectivity index (χ1v) is 11.5. The highest BCUT2D eigenvalue weighted by atomic mass is 16.5. The van der Waals surface area contributed by atoms with E-state index in [-0.39, 0.29) is 5.54 Å². The van der Waals surface area contributed by atoms with Crippen molar-refractivity contribution in [2.75, 3.05) is 32.8 Å². The van der Waals surface area contributed by atoms with Crippen LogP contribution in [0.25, 0.3) is 0 Å². The molecule has 1 N–H and O–H groups in total. The largest absolute Gasteiger partial charge is 0.494 e. The molecule has 0 saturated carbocycles. The van der Waals surface area contributed by atoms with Crippen molar-refractivity contribution in [2.24, 2.45) is 5.92 Å². The number of piperidine rings is 1. The van der Waals surface area contributed by atoms with Gasteiger partial charge in [0.05, 0.1) is 23.8 Å². The smallest absolute Gasteiger partial charge is 0.119 e. The summed E-state index contributed by atoms with van der Waals surface area (Å²) in [5.41, 5.74) is 3.71. The van der Waals surface area contributed by atoms with Gasteiger partial charge in [-0.3, -0.25) is 0 Å². The van der Waals surface area contributed by atoms with Crippen molar-refractivity contribution in [1.82, 2.24) is 10.2 Å². The normalized spacial score (nSPS) is 21.8. The minimum absolute atomic E-state index is 0.0430. The summed E-state index contributed by atoms with van der Waals surface area (Å²) in [6.45, 7) is 9.21. The summed E-state index contributed by atoms with van der Waals surface area (Å²) in [6.07, 6.45) is 7.66. The van der Waals surface area contributed by atoms with Crippen LogP contribution in [0.15, 0.2) is 61.2 Å². The molecule has 0 radical (unpaired) electrons. The van der Waals surface area contributed by atoms with Crippen molar-refractivity contribution in [1.29, 1.82) is 5.26 Å². The van der Waals surface area contributed by atoms with Gasteiger partial charge in [-0.1, -0.05) is 30.3 Å². The van der Waals surface area contributed by atoms with E-state index in [4.69, 9.17) is 10.00 Å². The molecule has 4 heteroatoms. The molecule has 0 aromatic heterocycles. The summed E-state index contributed by atoms with van der Waals surface area (Å²) in [5.74, 6) is 1.48. The fraction of sp³-hybridized carbons (Fsp3) is 0.444. The Labute approximate surface area is 186 Å². The third kappa shape index (κ3) is 4.84. The molecule has 2 aromatic rings. The minimum Gasteiger partial charge on any atom is -0.494 e. The minimum atomic E-state index is 0.0430. The van der Waals surface area contributed by atoms with Crippen molar-refractivity contribution in [3.05, 3.63) is 77.9 Å². The van der Waals surface area contributed by atoms with Crippen molar-refractivity contribution in [3.63, 3.8) is 0 Å². The fourth-order valence-electron chi connectivity index (χ4n) is 5.38. The molecule has 2 heterocycles. The molecular formula is C27H33N3O. The van der Waals surface area contributed by atoms with Gasteiger partial charge in [0.25, 0.3) is 0 Å². The molecule has 4 nitrogen and oxygen atoms in total. The molecule has 2 aromatic carbocycles. The van der Waals surface area contributed by atoms with E-state index in [0.717, 1.165) is 51.2 Å². The lowest BCUT2D eigenvalue weighted by Crippen LogP contribution is -2.55. The maximum Gasteiger partial charge on any atom is 0.119 e. The van der Waals surface area contributed by atoms with Crippen molar-refractivity contribution >= 4 is 0 Å². The number of nitriles is 1. The van der Waals surface area contributed by atoms with Gasteiger partial charge in [0.2, 0.25) is 0 Å². The fourth-order valence-corrected chi connectivity index (χ4v) is 5.38. The Hall–Kier alpha value is -2.61. The van der Waals surface area contributed by atoms with Gasteiger partial charge >= 0.3 is 0 Å². The molecule has 1 unspecified atom stereocenters. The van der Waals surface area contributed by atoms with Crippen LogP contribution in [0.4, 0.5) is 0 Å². The quantitative estimate of drug-likeness (QED) is 0.503. The predicted octanol–water partition coefficient (Wildman–Crippen LogP) is 4.66. The van der Waals surface area contributed by atoms with E-state index in [1.54, 1.807) is 12.1 Å². The van der Waals surface area contributed by atoms with Gasteiger partial charge in [-0.05, 0) is 86.5 Å². The van der Waals surface area contributed by atoms with Crippen LogP contribution in [0.1, 0.15) is 42.4 Å². The van der Waals surface area contributed by atoms with Gasteiger partial charge in [-0.25, -0.2) is 0 Å². The maximum atomic E-state index is 8.88. The highest BCUT2D eigenvalue weighted by Gasteiger charge is 2.43. The standard InChI is InChI=1S/C27H33N3O/c1-2-15-27(26-7-4-3-6-23(26)12-16-29-27)24-13-18-30(19-14-24)17-5-20-31-25-10-8-22(21-28)9-11-25/h2-4,6-11,24,29H,1,5,12-20H2. The Morgan fingerprint density at radius 2 is 1.94 bits per heavy atom. The molecule has 0 aliphatic carbocycles. The SMILES string of the molecule is C=CCC1(C2CCN(CCCOc3ccc(C#N)cc3)CC2)NCCc2ccccc21. The second-order valence-electron chi connectivity index (χ2n) is 8.75. The zero-order valence-electron chi connectivity index (χ0n) is 18.4. The lowest BCUT2D eigenvalue weighted by Gasteiger charge is -2.48. The Bertz CT molecular complexity index is 909. The van der Waals surface area contributed by atoms with Crippen LogP contribution in [0.5, 0.6) is 5.75 Å². The summed E-state index contributed by atoms with van der Waals surface area (Å²) < 4.78 is 5.84. The lowest BCUT2D eigenvalue weighted by molar-refractivity contribution is 0.0970. The molecule has 162 valence electrons. The Kier molecular flexibility index (Phi) is 7.06. The van der Waals surface area contributed by atoms with E-state index in [2.05, 4.69) is 53.2 Å². The predicted molar refractivity (Wildman–Crippen MR) is 125 cm³/mol. The van der Waals surface area contributed by atoms with E-state index < -0.39 is 0 Å². The summed E-state index contributed by atoms with van der Waals surface area (Å²) in [4.78, 5) is 2.58. The van der Waals surface area contributed by atoms with Crippen LogP contribution >= 0.6 is 0 Å². The molecule has 1 saturated heterocycles. The Balaban J connectivity index is 1.29. The van der Waals surface area contributed by atoms with E-state index in [9.17, 15) is 0 Å². The number of benzene rings is 2. The first-order valence-electron chi connectivity index (χ1n) is 11.5. The molecule has 4 rings (SSSR count). The highest BCUT2D eigenvalue weighted by molar-refractivity contribution is 5.38. The highest BCUT2D eigenvalue weighted by Crippen LogP contribution is 2.42. The van der Waals surface area contributed by atoms with Gasteiger partial charge in [0, 0.05) is 13.1 Å². The van der Waals surface area contributed by atoms with Crippen LogP contribution in [0.2, 0.25) is 0 Å². The number of hydrogen-bond acceptors (Lipinski definition) is 4. The zero-order valence-corrected chi connectivity index (χ0v) is 18.4. The summed E-state index contributed by atoms with van der Waals surface area (Å²) in [7, 11) is 0. The maximum absolute atomic E-state index is 8.88. The molecule has 1 atom stereocenters. The van der Waals surface area contributed by atoms with Crippen LogP contribution in [-0.2, 0) is 12.0 Å². The number of ether oxygens (including phenoxy) is 1. The lowest BCUT2D eigenvalue weighted by atomic mass is 9.68. The van der Waals surface area contributed by atoms with Crippen LogP contribution in [0, 0.1) is 17.2 Å². The van der Waals surface area contributed by atoms with E-state index in [0.29, 0.717) is 18.1 Å².